The maximum Gasteiger partial charge on any atom is 0.267 e. The van der Waals surface area contributed by atoms with E-state index in [1.165, 1.54) is 10.4 Å². The number of pyridine rings is 1. The monoisotopic (exact) mass is 496 g/mol. The first kappa shape index (κ1) is 23.3. The van der Waals surface area contributed by atoms with Crippen LogP contribution in [0.5, 0.6) is 0 Å². The van der Waals surface area contributed by atoms with Crippen molar-refractivity contribution in [2.45, 2.75) is 11.8 Å². The average molecular weight is 497 g/mol. The number of anilines is 1. The van der Waals surface area contributed by atoms with Crippen molar-refractivity contribution in [3.63, 3.8) is 0 Å². The topological polar surface area (TPSA) is 127 Å². The van der Waals surface area contributed by atoms with E-state index in [2.05, 4.69) is 21.8 Å². The second kappa shape index (κ2) is 8.99. The van der Waals surface area contributed by atoms with Crippen molar-refractivity contribution >= 4 is 21.7 Å². The van der Waals surface area contributed by atoms with Crippen molar-refractivity contribution in [3.8, 4) is 6.07 Å². The Kier molecular flexibility index (Phi) is 6.00. The minimum atomic E-state index is -3.74. The summed E-state index contributed by atoms with van der Waals surface area (Å²) in [4.78, 5) is 19.4. The van der Waals surface area contributed by atoms with Gasteiger partial charge in [-0.2, -0.15) is 9.57 Å². The van der Waals surface area contributed by atoms with E-state index in [0.29, 0.717) is 68.6 Å². The van der Waals surface area contributed by atoms with Crippen LogP contribution in [-0.2, 0) is 17.1 Å². The zero-order valence-corrected chi connectivity index (χ0v) is 20.5. The molecule has 1 amide bonds. The Balaban J connectivity index is 1.23. The number of carbonyl (C=O) groups excluding carboxylic acids is 1. The van der Waals surface area contributed by atoms with E-state index in [1.807, 2.05) is 16.0 Å². The summed E-state index contributed by atoms with van der Waals surface area (Å²) in [5, 5.41) is 14.2. The van der Waals surface area contributed by atoms with Crippen molar-refractivity contribution in [1.82, 2.24) is 29.6 Å². The highest BCUT2D eigenvalue weighted by atomic mass is 32.2. The number of carbonyl (C=O) groups is 1. The highest BCUT2D eigenvalue weighted by Gasteiger charge is 2.35. The fraction of sp³-hybridized carbons (Fsp3) is 0.435. The Morgan fingerprint density at radius 3 is 2.91 bits per heavy atom. The number of amides is 1. The second-order valence-corrected chi connectivity index (χ2v) is 11.0. The number of nitriles is 1. The smallest absolute Gasteiger partial charge is 0.267 e. The molecule has 2 N–H and O–H groups in total. The van der Waals surface area contributed by atoms with E-state index in [-0.39, 0.29) is 16.7 Å². The molecule has 2 aromatic heterocycles. The third kappa shape index (κ3) is 4.16. The molecular formula is C23H28N8O3S. The third-order valence-electron chi connectivity index (χ3n) is 6.93. The number of fused-ring (bicyclic) bond motifs is 1. The zero-order valence-electron chi connectivity index (χ0n) is 19.7. The van der Waals surface area contributed by atoms with Crippen LogP contribution in [0.1, 0.15) is 21.7 Å². The molecule has 3 aliphatic heterocycles. The first-order valence-electron chi connectivity index (χ1n) is 11.5. The molecule has 0 unspecified atom stereocenters. The van der Waals surface area contributed by atoms with Gasteiger partial charge in [0.15, 0.2) is 0 Å². The summed E-state index contributed by atoms with van der Waals surface area (Å²) < 4.78 is 29.9. The molecule has 3 aliphatic rings. The Labute approximate surface area is 204 Å². The number of rotatable bonds is 6. The van der Waals surface area contributed by atoms with Crippen molar-refractivity contribution in [3.05, 3.63) is 53.1 Å². The van der Waals surface area contributed by atoms with Gasteiger partial charge in [0.1, 0.15) is 22.5 Å². The summed E-state index contributed by atoms with van der Waals surface area (Å²) in [6, 6.07) is 7.11. The van der Waals surface area contributed by atoms with E-state index in [0.717, 1.165) is 5.70 Å². The molecule has 2 fully saturated rings. The standard InChI is InChI=1S/C23H28N8O3S/c1-16-21(35(33,34)30-8-9-31-19(15-30)5-7-27-31)10-20(28(16)2)23(32)26-12-17-13-29(14-17)22-18(11-24)4-3-6-25-22/h3-6,10,17,27H,7-9,12-15H2,1-2H3,(H,26,32). The Hall–Kier alpha value is -3.40. The van der Waals surface area contributed by atoms with Gasteiger partial charge in [0, 0.05) is 69.8 Å². The van der Waals surface area contributed by atoms with Gasteiger partial charge in [-0.1, -0.05) is 0 Å². The van der Waals surface area contributed by atoms with Crippen LogP contribution in [-0.4, -0.2) is 79.0 Å². The third-order valence-corrected chi connectivity index (χ3v) is 8.89. The van der Waals surface area contributed by atoms with Crippen LogP contribution in [0.25, 0.3) is 0 Å². The van der Waals surface area contributed by atoms with Gasteiger partial charge in [0.2, 0.25) is 10.0 Å². The van der Waals surface area contributed by atoms with Gasteiger partial charge in [0.25, 0.3) is 5.91 Å². The molecule has 0 spiro atoms. The molecule has 0 radical (unpaired) electrons. The minimum Gasteiger partial charge on any atom is -0.355 e. The SMILES string of the molecule is Cc1c(S(=O)(=O)N2CCN3NCC=C3C2)cc(C(=O)NCC2CN(c3ncccc3C#N)C2)n1C. The molecule has 5 heterocycles. The Morgan fingerprint density at radius 1 is 1.34 bits per heavy atom. The lowest BCUT2D eigenvalue weighted by Gasteiger charge is -2.40. The zero-order chi connectivity index (χ0) is 24.7. The van der Waals surface area contributed by atoms with E-state index in [4.69, 9.17) is 0 Å². The lowest BCUT2D eigenvalue weighted by Crippen LogP contribution is -2.52. The summed E-state index contributed by atoms with van der Waals surface area (Å²) in [5.41, 5.74) is 5.53. The van der Waals surface area contributed by atoms with Crippen LogP contribution >= 0.6 is 0 Å². The fourth-order valence-corrected chi connectivity index (χ4v) is 6.43. The summed E-state index contributed by atoms with van der Waals surface area (Å²) in [5.74, 6) is 0.579. The number of nitrogens with one attached hydrogen (secondary N) is 2. The molecule has 5 rings (SSSR count). The van der Waals surface area contributed by atoms with Crippen LogP contribution < -0.4 is 15.6 Å². The number of hydrogen-bond acceptors (Lipinski definition) is 8. The van der Waals surface area contributed by atoms with Gasteiger partial charge in [0.05, 0.1) is 12.1 Å². The van der Waals surface area contributed by atoms with Crippen LogP contribution in [0.4, 0.5) is 5.82 Å². The molecule has 0 bridgehead atoms. The maximum absolute atomic E-state index is 13.4. The van der Waals surface area contributed by atoms with Crippen molar-refractivity contribution < 1.29 is 13.2 Å². The second-order valence-electron chi connectivity index (χ2n) is 9.05. The lowest BCUT2D eigenvalue weighted by molar-refractivity contribution is 0.0936. The maximum atomic E-state index is 13.4. The van der Waals surface area contributed by atoms with Crippen LogP contribution in [0.15, 0.2) is 41.1 Å². The predicted molar refractivity (Wildman–Crippen MR) is 129 cm³/mol. The molecule has 0 aromatic carbocycles. The van der Waals surface area contributed by atoms with Crippen LogP contribution in [0.2, 0.25) is 0 Å². The van der Waals surface area contributed by atoms with Crippen molar-refractivity contribution in [2.75, 3.05) is 50.7 Å². The summed E-state index contributed by atoms with van der Waals surface area (Å²) in [7, 11) is -2.03. The Bertz CT molecular complexity index is 1340. The predicted octanol–water partition coefficient (Wildman–Crippen LogP) is 0.175. The van der Waals surface area contributed by atoms with Gasteiger partial charge in [-0.15, -0.1) is 0 Å². The first-order valence-corrected chi connectivity index (χ1v) is 13.0. The molecule has 0 atom stereocenters. The van der Waals surface area contributed by atoms with Crippen LogP contribution in [0, 0.1) is 24.2 Å². The number of hydrazine groups is 1. The highest BCUT2D eigenvalue weighted by molar-refractivity contribution is 7.89. The van der Waals surface area contributed by atoms with Gasteiger partial charge in [-0.05, 0) is 31.2 Å². The molecule has 2 saturated heterocycles. The van der Waals surface area contributed by atoms with Gasteiger partial charge >= 0.3 is 0 Å². The van der Waals surface area contributed by atoms with E-state index < -0.39 is 10.0 Å². The lowest BCUT2D eigenvalue weighted by atomic mass is 9.99. The van der Waals surface area contributed by atoms with E-state index >= 15 is 0 Å². The molecule has 2 aromatic rings. The number of sulfonamides is 1. The number of aromatic nitrogens is 2. The van der Waals surface area contributed by atoms with Crippen LogP contribution in [0.3, 0.4) is 0 Å². The van der Waals surface area contributed by atoms with Gasteiger partial charge < -0.3 is 19.8 Å². The average Bonchev–Trinajstić information content (AvgIpc) is 3.42. The van der Waals surface area contributed by atoms with Gasteiger partial charge in [-0.3, -0.25) is 4.79 Å². The summed E-state index contributed by atoms with van der Waals surface area (Å²) >= 11 is 0. The van der Waals surface area contributed by atoms with Crippen molar-refractivity contribution in [2.24, 2.45) is 13.0 Å². The molecule has 184 valence electrons. The number of nitrogens with zero attached hydrogens (tertiary/aromatic N) is 6. The molecule has 0 saturated carbocycles. The number of hydrogen-bond donors (Lipinski definition) is 2. The Morgan fingerprint density at radius 2 is 2.14 bits per heavy atom. The quantitative estimate of drug-likeness (QED) is 0.580. The highest BCUT2D eigenvalue weighted by Crippen LogP contribution is 2.28. The molecule has 12 heteroatoms. The van der Waals surface area contributed by atoms with Crippen molar-refractivity contribution in [1.29, 1.82) is 5.26 Å². The minimum absolute atomic E-state index is 0.166. The molecule has 0 aliphatic carbocycles. The molecule has 35 heavy (non-hydrogen) atoms. The van der Waals surface area contributed by atoms with E-state index in [9.17, 15) is 18.5 Å². The number of piperazine rings is 1. The largest absolute Gasteiger partial charge is 0.355 e. The van der Waals surface area contributed by atoms with Gasteiger partial charge in [-0.25, -0.2) is 18.8 Å². The summed E-state index contributed by atoms with van der Waals surface area (Å²) in [6.07, 6.45) is 3.66. The molecule has 11 nitrogen and oxygen atoms in total. The fourth-order valence-electron chi connectivity index (χ4n) is 4.76. The first-order chi connectivity index (χ1) is 16.8. The normalized spacial score (nSPS) is 18.6. The molecular weight excluding hydrogens is 468 g/mol. The summed E-state index contributed by atoms with van der Waals surface area (Å²) in [6.45, 7) is 5.54. The van der Waals surface area contributed by atoms with E-state index in [1.54, 1.807) is 36.9 Å².